The van der Waals surface area contributed by atoms with Crippen LogP contribution in [0.3, 0.4) is 0 Å². The van der Waals surface area contributed by atoms with Crippen molar-refractivity contribution in [3.8, 4) is 0 Å². The molecular weight excluding hydrogens is 518 g/mol. The average molecular weight is 556 g/mol. The van der Waals surface area contributed by atoms with Crippen LogP contribution in [0.1, 0.15) is 95.7 Å². The van der Waals surface area contributed by atoms with Gasteiger partial charge in [0.2, 0.25) is 0 Å². The van der Waals surface area contributed by atoms with Gasteiger partial charge in [-0.2, -0.15) is 0 Å². The smallest absolute Gasteiger partial charge is 0.273 e. The number of nitrogens with one attached hydrogen (secondary N) is 2. The summed E-state index contributed by atoms with van der Waals surface area (Å²) in [5.74, 6) is 0.169. The van der Waals surface area contributed by atoms with Gasteiger partial charge in [-0.05, 0) is 54.4 Å². The van der Waals surface area contributed by atoms with E-state index in [2.05, 4.69) is 69.1 Å². The molecule has 3 heterocycles. The Morgan fingerprint density at radius 1 is 0.854 bits per heavy atom. The molecule has 1 fully saturated rings. The summed E-state index contributed by atoms with van der Waals surface area (Å²) in [6, 6.07) is 12.4. The van der Waals surface area contributed by atoms with Crippen molar-refractivity contribution < 1.29 is 9.59 Å². The standard InChI is InChI=1S/C30H37N9O2/c1-30(2,3)27-12-9-22(17-31-27)18-33-29(41)26-20-39(37-35-26)14-5-4-13-38-19-25(34-36-38)28(40)32-16-21-7-6-8-24(15-21)23-10-11-23/h6-9,12,15,17,19-20,23H,4-5,10-11,13-14,16,18H2,1-3H3,(H,32,40)(H,33,41). The van der Waals surface area contributed by atoms with E-state index in [1.807, 2.05) is 24.3 Å². The molecule has 2 amide bonds. The minimum Gasteiger partial charge on any atom is -0.347 e. The summed E-state index contributed by atoms with van der Waals surface area (Å²) < 4.78 is 3.33. The van der Waals surface area contributed by atoms with Crippen LogP contribution in [-0.2, 0) is 31.6 Å². The summed E-state index contributed by atoms with van der Waals surface area (Å²) in [6.07, 6.45) is 9.21. The van der Waals surface area contributed by atoms with Crippen LogP contribution in [0.4, 0.5) is 0 Å². The Labute approximate surface area is 239 Å². The first-order chi connectivity index (χ1) is 19.7. The van der Waals surface area contributed by atoms with Gasteiger partial charge in [-0.15, -0.1) is 10.2 Å². The van der Waals surface area contributed by atoms with Crippen LogP contribution in [0.5, 0.6) is 0 Å². The molecule has 0 unspecified atom stereocenters. The normalized spacial score (nSPS) is 13.2. The van der Waals surface area contributed by atoms with Crippen molar-refractivity contribution in [3.05, 3.63) is 88.8 Å². The number of pyridine rings is 1. The van der Waals surface area contributed by atoms with Crippen LogP contribution in [-0.4, -0.2) is 46.8 Å². The number of hydrogen-bond acceptors (Lipinski definition) is 7. The van der Waals surface area contributed by atoms with Gasteiger partial charge in [0.15, 0.2) is 11.4 Å². The second-order valence-corrected chi connectivity index (χ2v) is 11.6. The van der Waals surface area contributed by atoms with Gasteiger partial charge < -0.3 is 10.6 Å². The Kier molecular flexibility index (Phi) is 8.51. The lowest BCUT2D eigenvalue weighted by Crippen LogP contribution is -2.23. The van der Waals surface area contributed by atoms with Crippen molar-refractivity contribution >= 4 is 11.8 Å². The lowest BCUT2D eigenvalue weighted by Gasteiger charge is -2.17. The number of hydrogen-bond donors (Lipinski definition) is 2. The third kappa shape index (κ3) is 7.84. The van der Waals surface area contributed by atoms with Crippen molar-refractivity contribution in [2.75, 3.05) is 0 Å². The van der Waals surface area contributed by atoms with Crippen molar-refractivity contribution in [2.45, 2.75) is 84.0 Å². The first kappa shape index (κ1) is 28.1. The summed E-state index contributed by atoms with van der Waals surface area (Å²) in [6.45, 7) is 8.41. The quantitative estimate of drug-likeness (QED) is 0.254. The first-order valence-corrected chi connectivity index (χ1v) is 14.2. The highest BCUT2D eigenvalue weighted by atomic mass is 16.2. The molecule has 41 heavy (non-hydrogen) atoms. The van der Waals surface area contributed by atoms with Gasteiger partial charge in [0.1, 0.15) is 0 Å². The Bertz CT molecular complexity index is 1480. The van der Waals surface area contributed by atoms with Gasteiger partial charge in [-0.1, -0.05) is 61.5 Å². The molecule has 1 aliphatic carbocycles. The second-order valence-electron chi connectivity index (χ2n) is 11.6. The Morgan fingerprint density at radius 3 is 2.00 bits per heavy atom. The van der Waals surface area contributed by atoms with Crippen LogP contribution in [0.2, 0.25) is 0 Å². The van der Waals surface area contributed by atoms with E-state index in [9.17, 15) is 9.59 Å². The molecule has 4 aromatic rings. The predicted octanol–water partition coefficient (Wildman–Crippen LogP) is 3.78. The minimum atomic E-state index is -0.278. The highest BCUT2D eigenvalue weighted by Crippen LogP contribution is 2.40. The minimum absolute atomic E-state index is 0.0165. The molecule has 1 aromatic carbocycles. The molecule has 0 saturated heterocycles. The molecule has 1 saturated carbocycles. The molecule has 214 valence electrons. The van der Waals surface area contributed by atoms with E-state index < -0.39 is 0 Å². The number of nitrogens with zero attached hydrogens (tertiary/aromatic N) is 7. The fourth-order valence-electron chi connectivity index (χ4n) is 4.46. The van der Waals surface area contributed by atoms with Gasteiger partial charge in [-0.3, -0.25) is 23.9 Å². The van der Waals surface area contributed by atoms with Gasteiger partial charge in [0, 0.05) is 43.5 Å². The predicted molar refractivity (Wildman–Crippen MR) is 153 cm³/mol. The average Bonchev–Trinajstić information content (AvgIpc) is 3.52. The molecule has 11 heteroatoms. The van der Waals surface area contributed by atoms with Crippen LogP contribution in [0.25, 0.3) is 0 Å². The van der Waals surface area contributed by atoms with Gasteiger partial charge in [-0.25, -0.2) is 0 Å². The monoisotopic (exact) mass is 555 g/mol. The summed E-state index contributed by atoms with van der Waals surface area (Å²) >= 11 is 0. The van der Waals surface area contributed by atoms with Crippen molar-refractivity contribution in [3.63, 3.8) is 0 Å². The Morgan fingerprint density at radius 2 is 1.46 bits per heavy atom. The lowest BCUT2D eigenvalue weighted by molar-refractivity contribution is 0.0938. The number of rotatable bonds is 12. The topological polar surface area (TPSA) is 133 Å². The molecule has 5 rings (SSSR count). The summed E-state index contributed by atoms with van der Waals surface area (Å²) in [4.78, 5) is 29.5. The zero-order valence-corrected chi connectivity index (χ0v) is 23.9. The van der Waals surface area contributed by atoms with Crippen LogP contribution < -0.4 is 10.6 Å². The fraction of sp³-hybridized carbons (Fsp3) is 0.433. The van der Waals surface area contributed by atoms with E-state index >= 15 is 0 Å². The summed E-state index contributed by atoms with van der Waals surface area (Å²) in [5, 5.41) is 22.0. The lowest BCUT2D eigenvalue weighted by atomic mass is 9.91. The highest BCUT2D eigenvalue weighted by molar-refractivity contribution is 5.92. The molecule has 2 N–H and O–H groups in total. The van der Waals surface area contributed by atoms with Crippen LogP contribution in [0.15, 0.2) is 55.0 Å². The molecule has 0 aliphatic heterocycles. The molecule has 0 radical (unpaired) electrons. The number of aromatic nitrogens is 7. The number of benzene rings is 1. The van der Waals surface area contributed by atoms with E-state index in [0.29, 0.717) is 37.8 Å². The number of amides is 2. The molecule has 0 atom stereocenters. The SMILES string of the molecule is CC(C)(C)c1ccc(CNC(=O)c2cn(CCCCn3cc(C(=O)NCc4cccc(C5CC5)c4)nn3)nn2)cn1. The van der Waals surface area contributed by atoms with Crippen LogP contribution in [0, 0.1) is 0 Å². The molecule has 0 spiro atoms. The maximum absolute atomic E-state index is 12.5. The van der Waals surface area contributed by atoms with E-state index in [1.54, 1.807) is 28.0 Å². The van der Waals surface area contributed by atoms with Crippen LogP contribution >= 0.6 is 0 Å². The van der Waals surface area contributed by atoms with Gasteiger partial charge in [0.25, 0.3) is 11.8 Å². The molecule has 0 bridgehead atoms. The van der Waals surface area contributed by atoms with E-state index in [4.69, 9.17) is 0 Å². The zero-order valence-electron chi connectivity index (χ0n) is 23.9. The van der Waals surface area contributed by atoms with E-state index in [0.717, 1.165) is 29.7 Å². The molecule has 11 nitrogen and oxygen atoms in total. The Hall–Kier alpha value is -4.41. The third-order valence-corrected chi connectivity index (χ3v) is 7.07. The Balaban J connectivity index is 1.01. The second kappa shape index (κ2) is 12.4. The maximum Gasteiger partial charge on any atom is 0.273 e. The van der Waals surface area contributed by atoms with Gasteiger partial charge >= 0.3 is 0 Å². The van der Waals surface area contributed by atoms with Crippen molar-refractivity contribution in [2.24, 2.45) is 0 Å². The summed E-state index contributed by atoms with van der Waals surface area (Å²) in [7, 11) is 0. The van der Waals surface area contributed by atoms with E-state index in [-0.39, 0.29) is 22.9 Å². The largest absolute Gasteiger partial charge is 0.347 e. The van der Waals surface area contributed by atoms with E-state index in [1.165, 1.54) is 18.4 Å². The van der Waals surface area contributed by atoms with Crippen molar-refractivity contribution in [1.82, 2.24) is 45.6 Å². The molecular formula is C30H37N9O2. The first-order valence-electron chi connectivity index (χ1n) is 14.2. The number of carbonyl (C=O) groups is 2. The van der Waals surface area contributed by atoms with Crippen molar-refractivity contribution in [1.29, 1.82) is 0 Å². The third-order valence-electron chi connectivity index (χ3n) is 7.07. The maximum atomic E-state index is 12.5. The fourth-order valence-corrected chi connectivity index (χ4v) is 4.46. The number of carbonyl (C=O) groups excluding carboxylic acids is 2. The number of aryl methyl sites for hydroxylation is 2. The number of unbranched alkanes of at least 4 members (excludes halogenated alkanes) is 1. The zero-order chi connectivity index (χ0) is 28.8. The van der Waals surface area contributed by atoms with Gasteiger partial charge in [0.05, 0.1) is 12.4 Å². The molecule has 3 aromatic heterocycles. The summed E-state index contributed by atoms with van der Waals surface area (Å²) in [5.41, 5.74) is 4.93. The molecule has 1 aliphatic rings. The highest BCUT2D eigenvalue weighted by Gasteiger charge is 2.23.